The molecule has 0 aliphatic carbocycles. The number of rotatable bonds is 86. The molecule has 0 rings (SSSR count). The summed E-state index contributed by atoms with van der Waals surface area (Å²) in [4.78, 5) is 34.3. The molecule has 0 saturated carbocycles. The third-order valence-corrected chi connectivity index (χ3v) is 13.1. The lowest BCUT2D eigenvalue weighted by Crippen LogP contribution is -2.27. The van der Waals surface area contributed by atoms with Crippen LogP contribution in [0.4, 0.5) is 0 Å². The van der Waals surface area contributed by atoms with Crippen molar-refractivity contribution in [2.24, 2.45) is 0 Å². The van der Waals surface area contributed by atoms with Crippen molar-refractivity contribution in [2.45, 2.75) is 38.5 Å². The highest BCUT2D eigenvalue weighted by atomic mass is 32.2. The average molecular weight is 1420 g/mol. The number of amides is 2. The molecule has 1 unspecified atom stereocenters. The van der Waals surface area contributed by atoms with Crippen LogP contribution in [0.15, 0.2) is 0 Å². The number of ether oxygens (including phenoxy) is 24. The molecule has 0 aromatic rings. The lowest BCUT2D eigenvalue weighted by atomic mass is 10.2. The van der Waals surface area contributed by atoms with E-state index in [1.807, 2.05) is 6.26 Å². The van der Waals surface area contributed by atoms with Crippen LogP contribution in [-0.4, -0.2) is 367 Å². The van der Waals surface area contributed by atoms with Gasteiger partial charge in [-0.2, -0.15) is 11.8 Å². The molecule has 2 amide bonds. The Labute approximate surface area is 571 Å². The maximum atomic E-state index is 11.9. The molecule has 0 aliphatic heterocycles. The van der Waals surface area contributed by atoms with Gasteiger partial charge in [-0.1, -0.05) is 12.8 Å². The van der Waals surface area contributed by atoms with E-state index in [0.717, 1.165) is 31.7 Å². The van der Waals surface area contributed by atoms with Gasteiger partial charge in [-0.05, 0) is 19.1 Å². The Hall–Kier alpha value is -1.52. The van der Waals surface area contributed by atoms with Gasteiger partial charge in [-0.15, -0.1) is 0 Å². The Kier molecular flexibility index (Phi) is 81.8. The van der Waals surface area contributed by atoms with E-state index in [1.165, 1.54) is 0 Å². The number of carbonyl (C=O) groups is 2. The van der Waals surface area contributed by atoms with E-state index in [4.69, 9.17) is 118 Å². The summed E-state index contributed by atoms with van der Waals surface area (Å²) in [6.07, 6.45) is 6.03. The predicted octanol–water partition coefficient (Wildman–Crippen LogP) is 1.52. The monoisotopic (exact) mass is 1420 g/mol. The molecule has 568 valence electrons. The fraction of sp³-hybridized carbons (Fsp3) is 0.968. The first-order chi connectivity index (χ1) is 46.8. The maximum absolute atomic E-state index is 11.9. The van der Waals surface area contributed by atoms with Gasteiger partial charge in [0.25, 0.3) is 0 Å². The number of unbranched alkanes of at least 4 members (excludes halogenated alkanes) is 3. The minimum absolute atomic E-state index is 0.0506. The van der Waals surface area contributed by atoms with E-state index in [1.54, 1.807) is 11.8 Å². The predicted molar refractivity (Wildman–Crippen MR) is 351 cm³/mol. The van der Waals surface area contributed by atoms with Crippen LogP contribution in [-0.2, 0) is 132 Å². The summed E-state index contributed by atoms with van der Waals surface area (Å²) >= 11 is 1.65. The van der Waals surface area contributed by atoms with Crippen molar-refractivity contribution in [1.29, 1.82) is 0 Å². The van der Waals surface area contributed by atoms with Crippen molar-refractivity contribution < 1.29 is 137 Å². The standard InChI is InChI=1S/C62H125N2O29PS/c1-94(67,68)93-11-6-4-3-5-9-63-61(65)7-12-69-14-16-71-18-20-73-22-24-75-26-28-77-30-32-79-34-36-81-38-40-83-42-44-85-46-48-87-50-52-89-54-56-91-58-59-92-57-55-90-53-51-88-49-47-86-45-43-84-41-39-82-37-35-80-33-31-78-29-27-76-25-23-74-21-19-72-17-15-70-13-10-64-62(66)8-60-95-2/h3-60H2,1-2H3,(H,63,65)(H,64,66)(H,67,68)/p-1. The van der Waals surface area contributed by atoms with Gasteiger partial charge in [0.2, 0.25) is 11.8 Å². The van der Waals surface area contributed by atoms with E-state index in [-0.39, 0.29) is 24.8 Å². The number of carbonyl (C=O) groups excluding carboxylic acids is 2. The van der Waals surface area contributed by atoms with Crippen LogP contribution < -0.4 is 15.5 Å². The second kappa shape index (κ2) is 83.1. The highest BCUT2D eigenvalue weighted by molar-refractivity contribution is 7.98. The fourth-order valence-corrected chi connectivity index (χ4v) is 7.85. The molecule has 0 radical (unpaired) electrons. The molecule has 0 bridgehead atoms. The summed E-state index contributed by atoms with van der Waals surface area (Å²) in [6, 6.07) is 0. The third kappa shape index (κ3) is 88.5. The molecule has 0 fully saturated rings. The summed E-state index contributed by atoms with van der Waals surface area (Å²) in [6.45, 7) is 24.8. The van der Waals surface area contributed by atoms with E-state index < -0.39 is 7.60 Å². The maximum Gasteiger partial charge on any atom is 0.222 e. The van der Waals surface area contributed by atoms with E-state index in [9.17, 15) is 19.0 Å². The van der Waals surface area contributed by atoms with Gasteiger partial charge in [0.05, 0.1) is 324 Å². The molecule has 1 atom stereocenters. The third-order valence-electron chi connectivity index (χ3n) is 11.9. The zero-order valence-electron chi connectivity index (χ0n) is 57.7. The molecule has 0 spiro atoms. The van der Waals surface area contributed by atoms with Gasteiger partial charge in [0.15, 0.2) is 0 Å². The van der Waals surface area contributed by atoms with Gasteiger partial charge in [-0.3, -0.25) is 9.59 Å². The molecular weight excluding hydrogens is 1300 g/mol. The van der Waals surface area contributed by atoms with Crippen LogP contribution in [0.2, 0.25) is 0 Å². The molecule has 0 heterocycles. The van der Waals surface area contributed by atoms with E-state index in [2.05, 4.69) is 10.6 Å². The zero-order valence-corrected chi connectivity index (χ0v) is 59.4. The zero-order chi connectivity index (χ0) is 68.5. The first kappa shape index (κ1) is 93.5. The van der Waals surface area contributed by atoms with Crippen LogP contribution in [0.25, 0.3) is 0 Å². The summed E-state index contributed by atoms with van der Waals surface area (Å²) in [5, 5.41) is 5.67. The lowest BCUT2D eigenvalue weighted by molar-refractivity contribution is -0.196. The molecule has 0 aromatic heterocycles. The quantitative estimate of drug-likeness (QED) is 0.0644. The van der Waals surface area contributed by atoms with Crippen LogP contribution in [0.5, 0.6) is 0 Å². The van der Waals surface area contributed by atoms with Crippen molar-refractivity contribution in [2.75, 3.05) is 356 Å². The summed E-state index contributed by atoms with van der Waals surface area (Å²) < 4.78 is 148. The Morgan fingerprint density at radius 2 is 0.453 bits per heavy atom. The SMILES string of the molecule is CSCCC(=O)NCCOCCOCCOCCOCCOCCOCCOCCOCCOCCOCCOCCOCCOCCOCCOCCOCCOCCOCCOCCOCCOCCOCCOCCOCCC(=O)NCCCCCCOP(C)(=O)[O-]. The van der Waals surface area contributed by atoms with E-state index in [0.29, 0.717) is 343 Å². The average Bonchev–Trinajstić information content (AvgIpc) is 3.65. The van der Waals surface area contributed by atoms with Crippen molar-refractivity contribution in [1.82, 2.24) is 10.6 Å². The molecule has 2 N–H and O–H groups in total. The van der Waals surface area contributed by atoms with Crippen LogP contribution in [0.3, 0.4) is 0 Å². The summed E-state index contributed by atoms with van der Waals surface area (Å²) in [5.74, 6) is 0.810. The van der Waals surface area contributed by atoms with Gasteiger partial charge in [-0.25, -0.2) is 0 Å². The normalized spacial score (nSPS) is 12.3. The molecule has 0 aromatic carbocycles. The largest absolute Gasteiger partial charge is 0.779 e. The Morgan fingerprint density at radius 3 is 0.674 bits per heavy atom. The number of hydrogen-bond acceptors (Lipinski definition) is 30. The number of hydrogen-bond donors (Lipinski definition) is 2. The van der Waals surface area contributed by atoms with Crippen LogP contribution in [0, 0.1) is 0 Å². The summed E-state index contributed by atoms with van der Waals surface area (Å²) in [7, 11) is -3.65. The van der Waals surface area contributed by atoms with Gasteiger partial charge in [0.1, 0.15) is 7.60 Å². The Morgan fingerprint density at radius 1 is 0.263 bits per heavy atom. The summed E-state index contributed by atoms with van der Waals surface area (Å²) in [5.41, 5.74) is 0. The van der Waals surface area contributed by atoms with Crippen LogP contribution >= 0.6 is 19.4 Å². The minimum atomic E-state index is -3.65. The second-order valence-electron chi connectivity index (χ2n) is 19.9. The molecule has 95 heavy (non-hydrogen) atoms. The molecular formula is C62H124N2O29PS-. The van der Waals surface area contributed by atoms with Gasteiger partial charge < -0.3 is 138 Å². The topological polar surface area (TPSA) is 329 Å². The smallest absolute Gasteiger partial charge is 0.222 e. The van der Waals surface area contributed by atoms with Crippen molar-refractivity contribution in [3.05, 3.63) is 0 Å². The highest BCUT2D eigenvalue weighted by Crippen LogP contribution is 2.31. The Bertz CT molecular complexity index is 1550. The van der Waals surface area contributed by atoms with Crippen LogP contribution in [0.1, 0.15) is 38.5 Å². The number of thioether (sulfide) groups is 1. The van der Waals surface area contributed by atoms with Crippen molar-refractivity contribution >= 4 is 31.2 Å². The number of nitrogens with one attached hydrogen (secondary N) is 2. The lowest BCUT2D eigenvalue weighted by Gasteiger charge is -2.17. The van der Waals surface area contributed by atoms with Crippen molar-refractivity contribution in [3.8, 4) is 0 Å². The fourth-order valence-electron chi connectivity index (χ4n) is 7.00. The molecule has 31 nitrogen and oxygen atoms in total. The van der Waals surface area contributed by atoms with Gasteiger partial charge in [0, 0.05) is 38.3 Å². The van der Waals surface area contributed by atoms with E-state index >= 15 is 0 Å². The Balaban J connectivity index is 3.12. The first-order valence-corrected chi connectivity index (χ1v) is 37.0. The molecule has 0 saturated heterocycles. The second-order valence-corrected chi connectivity index (χ2v) is 22.7. The van der Waals surface area contributed by atoms with Crippen molar-refractivity contribution in [3.63, 3.8) is 0 Å². The highest BCUT2D eigenvalue weighted by Gasteiger charge is 2.05. The minimum Gasteiger partial charge on any atom is -0.779 e. The first-order valence-electron chi connectivity index (χ1n) is 33.7. The molecule has 0 aliphatic rings. The molecule has 33 heteroatoms. The van der Waals surface area contributed by atoms with Gasteiger partial charge >= 0.3 is 0 Å².